The van der Waals surface area contributed by atoms with Crippen LogP contribution in [0.1, 0.15) is 32.3 Å². The maximum atomic E-state index is 12.4. The molecule has 2 aromatic carbocycles. The summed E-state index contributed by atoms with van der Waals surface area (Å²) in [5, 5.41) is 22.9. The zero-order valence-corrected chi connectivity index (χ0v) is 18.9. The standard InChI is InChI=1S/C21H22ClN5O3S/c1-4-26-20(15-7-5-14(6-8-15)13(2)3)24-25-21(26)31-12-19(28)23-18-11-16(27(29)30)9-10-17(18)22/h5-11,13H,4,12H2,1-3H3,(H,23,28). The number of nitro benzene ring substituents is 1. The molecule has 1 amide bonds. The molecule has 0 bridgehead atoms. The zero-order chi connectivity index (χ0) is 22.5. The van der Waals surface area contributed by atoms with Crippen LogP contribution in [0.15, 0.2) is 47.6 Å². The molecule has 0 unspecified atom stereocenters. The molecular formula is C21H22ClN5O3S. The number of nitrogens with one attached hydrogen (secondary N) is 1. The molecule has 0 fully saturated rings. The number of halogens is 1. The van der Waals surface area contributed by atoms with Crippen molar-refractivity contribution in [2.24, 2.45) is 0 Å². The highest BCUT2D eigenvalue weighted by atomic mass is 35.5. The van der Waals surface area contributed by atoms with E-state index in [4.69, 9.17) is 11.6 Å². The predicted octanol–water partition coefficient (Wildman–Crippen LogP) is 5.38. The lowest BCUT2D eigenvalue weighted by molar-refractivity contribution is -0.384. The predicted molar refractivity (Wildman–Crippen MR) is 123 cm³/mol. The maximum absolute atomic E-state index is 12.4. The smallest absolute Gasteiger partial charge is 0.271 e. The van der Waals surface area contributed by atoms with E-state index in [9.17, 15) is 14.9 Å². The van der Waals surface area contributed by atoms with Gasteiger partial charge in [-0.25, -0.2) is 0 Å². The Morgan fingerprint density at radius 2 is 1.94 bits per heavy atom. The van der Waals surface area contributed by atoms with Crippen molar-refractivity contribution in [3.63, 3.8) is 0 Å². The summed E-state index contributed by atoms with van der Waals surface area (Å²) >= 11 is 7.28. The van der Waals surface area contributed by atoms with Crippen LogP contribution in [0.4, 0.5) is 11.4 Å². The van der Waals surface area contributed by atoms with Crippen LogP contribution in [0.5, 0.6) is 0 Å². The minimum Gasteiger partial charge on any atom is -0.324 e. The normalized spacial score (nSPS) is 11.0. The zero-order valence-electron chi connectivity index (χ0n) is 17.3. The molecule has 10 heteroatoms. The maximum Gasteiger partial charge on any atom is 0.271 e. The summed E-state index contributed by atoms with van der Waals surface area (Å²) in [6, 6.07) is 12.1. The Morgan fingerprint density at radius 1 is 1.23 bits per heavy atom. The first-order valence-electron chi connectivity index (χ1n) is 9.70. The number of amides is 1. The molecule has 0 spiro atoms. The van der Waals surface area contributed by atoms with Gasteiger partial charge in [0.25, 0.3) is 5.69 Å². The van der Waals surface area contributed by atoms with Gasteiger partial charge in [0.2, 0.25) is 5.91 Å². The summed E-state index contributed by atoms with van der Waals surface area (Å²) in [5.41, 5.74) is 2.26. The van der Waals surface area contributed by atoms with Crippen molar-refractivity contribution in [2.45, 2.75) is 38.4 Å². The van der Waals surface area contributed by atoms with Crippen LogP contribution >= 0.6 is 23.4 Å². The molecule has 8 nitrogen and oxygen atoms in total. The number of thioether (sulfide) groups is 1. The van der Waals surface area contributed by atoms with Gasteiger partial charge < -0.3 is 9.88 Å². The Hall–Kier alpha value is -2.91. The van der Waals surface area contributed by atoms with Gasteiger partial charge in [0.05, 0.1) is 21.4 Å². The van der Waals surface area contributed by atoms with E-state index in [1.165, 1.54) is 35.5 Å². The summed E-state index contributed by atoms with van der Waals surface area (Å²) < 4.78 is 1.95. The average Bonchev–Trinajstić information content (AvgIpc) is 3.16. The van der Waals surface area contributed by atoms with E-state index in [0.29, 0.717) is 17.6 Å². The molecule has 0 aliphatic heterocycles. The van der Waals surface area contributed by atoms with Gasteiger partial charge in [-0.05, 0) is 24.5 Å². The first-order valence-corrected chi connectivity index (χ1v) is 11.1. The van der Waals surface area contributed by atoms with Gasteiger partial charge in [0, 0.05) is 24.2 Å². The van der Waals surface area contributed by atoms with E-state index < -0.39 is 4.92 Å². The molecule has 3 aromatic rings. The number of hydrogen-bond acceptors (Lipinski definition) is 6. The van der Waals surface area contributed by atoms with Crippen molar-refractivity contribution in [1.29, 1.82) is 0 Å². The van der Waals surface area contributed by atoms with Crippen molar-refractivity contribution >= 4 is 40.6 Å². The van der Waals surface area contributed by atoms with E-state index >= 15 is 0 Å². The molecule has 1 heterocycles. The van der Waals surface area contributed by atoms with Crippen LogP contribution in [0.2, 0.25) is 5.02 Å². The fraction of sp³-hybridized carbons (Fsp3) is 0.286. The lowest BCUT2D eigenvalue weighted by Crippen LogP contribution is -2.15. The molecule has 3 rings (SSSR count). The molecule has 0 aliphatic rings. The Kier molecular flexibility index (Phi) is 7.29. The number of carbonyl (C=O) groups is 1. The largest absolute Gasteiger partial charge is 0.324 e. The molecule has 1 aromatic heterocycles. The molecule has 0 saturated carbocycles. The van der Waals surface area contributed by atoms with Crippen molar-refractivity contribution in [2.75, 3.05) is 11.1 Å². The van der Waals surface area contributed by atoms with E-state index in [1.807, 2.05) is 23.6 Å². The lowest BCUT2D eigenvalue weighted by atomic mass is 10.0. The Morgan fingerprint density at radius 3 is 2.55 bits per heavy atom. The van der Waals surface area contributed by atoms with E-state index in [1.54, 1.807) is 0 Å². The van der Waals surface area contributed by atoms with Crippen LogP contribution in [0.3, 0.4) is 0 Å². The topological polar surface area (TPSA) is 103 Å². The van der Waals surface area contributed by atoms with Crippen molar-refractivity contribution in [3.05, 3.63) is 63.2 Å². The van der Waals surface area contributed by atoms with E-state index in [2.05, 4.69) is 41.5 Å². The molecule has 0 aliphatic carbocycles. The van der Waals surface area contributed by atoms with Gasteiger partial charge in [0.1, 0.15) is 0 Å². The molecule has 0 saturated heterocycles. The van der Waals surface area contributed by atoms with E-state index in [-0.39, 0.29) is 28.1 Å². The van der Waals surface area contributed by atoms with Gasteiger partial charge in [-0.3, -0.25) is 14.9 Å². The third-order valence-electron chi connectivity index (χ3n) is 4.64. The number of hydrogen-bond donors (Lipinski definition) is 1. The average molecular weight is 460 g/mol. The van der Waals surface area contributed by atoms with Gasteiger partial charge in [0.15, 0.2) is 11.0 Å². The monoisotopic (exact) mass is 459 g/mol. The fourth-order valence-corrected chi connectivity index (χ4v) is 3.92. The van der Waals surface area contributed by atoms with Gasteiger partial charge in [-0.2, -0.15) is 0 Å². The SMILES string of the molecule is CCn1c(SCC(=O)Nc2cc([N+](=O)[O-])ccc2Cl)nnc1-c1ccc(C(C)C)cc1. The number of nitro groups is 1. The third-order valence-corrected chi connectivity index (χ3v) is 5.93. The second-order valence-corrected chi connectivity index (χ2v) is 8.43. The second-order valence-electron chi connectivity index (χ2n) is 7.09. The number of nitrogens with zero attached hydrogens (tertiary/aromatic N) is 4. The second kappa shape index (κ2) is 9.93. The molecule has 0 atom stereocenters. The highest BCUT2D eigenvalue weighted by Crippen LogP contribution is 2.28. The van der Waals surface area contributed by atoms with Crippen LogP contribution < -0.4 is 5.32 Å². The summed E-state index contributed by atoms with van der Waals surface area (Å²) in [4.78, 5) is 22.8. The quantitative estimate of drug-likeness (QED) is 0.275. The summed E-state index contributed by atoms with van der Waals surface area (Å²) in [6.07, 6.45) is 0. The third kappa shape index (κ3) is 5.42. The van der Waals surface area contributed by atoms with Gasteiger partial charge in [-0.15, -0.1) is 10.2 Å². The molecular weight excluding hydrogens is 438 g/mol. The Bertz CT molecular complexity index is 1100. The highest BCUT2D eigenvalue weighted by Gasteiger charge is 2.16. The minimum absolute atomic E-state index is 0.0590. The van der Waals surface area contributed by atoms with Crippen LogP contribution in [0.25, 0.3) is 11.4 Å². The van der Waals surface area contributed by atoms with Crippen LogP contribution in [-0.2, 0) is 11.3 Å². The number of non-ortho nitro benzene ring substituents is 1. The summed E-state index contributed by atoms with van der Waals surface area (Å²) in [6.45, 7) is 6.92. The Labute approximate surface area is 189 Å². The number of anilines is 1. The number of benzene rings is 2. The fourth-order valence-electron chi connectivity index (χ4n) is 2.95. The van der Waals surface area contributed by atoms with Crippen molar-refractivity contribution in [1.82, 2.24) is 14.8 Å². The first kappa shape index (κ1) is 22.8. The number of carbonyl (C=O) groups excluding carboxylic acids is 1. The number of rotatable bonds is 8. The van der Waals surface area contributed by atoms with Gasteiger partial charge >= 0.3 is 0 Å². The summed E-state index contributed by atoms with van der Waals surface area (Å²) in [7, 11) is 0. The first-order chi connectivity index (χ1) is 14.8. The highest BCUT2D eigenvalue weighted by molar-refractivity contribution is 7.99. The molecule has 1 N–H and O–H groups in total. The summed E-state index contributed by atoms with van der Waals surface area (Å²) in [5.74, 6) is 0.897. The van der Waals surface area contributed by atoms with Crippen LogP contribution in [0, 0.1) is 10.1 Å². The Balaban J connectivity index is 1.70. The van der Waals surface area contributed by atoms with Gasteiger partial charge in [-0.1, -0.05) is 61.5 Å². The van der Waals surface area contributed by atoms with E-state index in [0.717, 1.165) is 11.4 Å². The number of aromatic nitrogens is 3. The van der Waals surface area contributed by atoms with Crippen molar-refractivity contribution < 1.29 is 9.72 Å². The molecule has 0 radical (unpaired) electrons. The minimum atomic E-state index is -0.542. The van der Waals surface area contributed by atoms with Crippen LogP contribution in [-0.4, -0.2) is 31.3 Å². The molecule has 31 heavy (non-hydrogen) atoms. The molecule has 162 valence electrons. The lowest BCUT2D eigenvalue weighted by Gasteiger charge is -2.10. The van der Waals surface area contributed by atoms with Crippen molar-refractivity contribution in [3.8, 4) is 11.4 Å².